The van der Waals surface area contributed by atoms with Crippen LogP contribution in [0.15, 0.2) is 29.2 Å². The lowest BCUT2D eigenvalue weighted by molar-refractivity contribution is 0.122. The Kier molecular flexibility index (Phi) is 5.04. The molecule has 2 aromatic rings. The lowest BCUT2D eigenvalue weighted by Crippen LogP contribution is -2.31. The summed E-state index contributed by atoms with van der Waals surface area (Å²) in [7, 11) is -2.05. The molecule has 1 N–H and O–H groups in total. The molecule has 1 atom stereocenters. The van der Waals surface area contributed by atoms with Crippen molar-refractivity contribution >= 4 is 43.0 Å². The number of nitrogens with one attached hydrogen (secondary N) is 1. The molecule has 4 nitrogen and oxygen atoms in total. The molecule has 1 aromatic carbocycles. The number of benzene rings is 1. The first kappa shape index (κ1) is 15.7. The van der Waals surface area contributed by atoms with Crippen LogP contribution in [-0.2, 0) is 20.6 Å². The number of rotatable bonds is 6. The average molecular weight is 334 g/mol. The smallest absolute Gasteiger partial charge is 0.242 e. The highest BCUT2D eigenvalue weighted by atomic mass is 35.5. The van der Waals surface area contributed by atoms with Gasteiger partial charge in [0.25, 0.3) is 0 Å². The molecule has 110 valence electrons. The third-order valence-corrected chi connectivity index (χ3v) is 6.25. The van der Waals surface area contributed by atoms with Crippen LogP contribution in [0.25, 0.3) is 10.1 Å². The van der Waals surface area contributed by atoms with Crippen molar-refractivity contribution in [1.29, 1.82) is 0 Å². The lowest BCUT2D eigenvalue weighted by atomic mass is 10.2. The highest BCUT2D eigenvalue weighted by Gasteiger charge is 2.24. The molecule has 1 unspecified atom stereocenters. The molecule has 0 saturated heterocycles. The van der Waals surface area contributed by atoms with Crippen LogP contribution in [0.3, 0.4) is 0 Å². The standard InChI is InChI=1S/C13H16ClNO3S2/c1-9(18-2)8-15-20(16,17)13-10-5-3-4-6-11(10)19-12(13)7-14/h3-6,9,15H,7-8H2,1-2H3. The van der Waals surface area contributed by atoms with Crippen molar-refractivity contribution in [3.63, 3.8) is 0 Å². The van der Waals surface area contributed by atoms with E-state index in [1.165, 1.54) is 11.3 Å². The van der Waals surface area contributed by atoms with E-state index in [1.54, 1.807) is 20.1 Å². The van der Waals surface area contributed by atoms with Crippen molar-refractivity contribution in [3.8, 4) is 0 Å². The summed E-state index contributed by atoms with van der Waals surface area (Å²) >= 11 is 7.30. The third-order valence-electron chi connectivity index (χ3n) is 2.97. The highest BCUT2D eigenvalue weighted by Crippen LogP contribution is 2.35. The van der Waals surface area contributed by atoms with Crippen LogP contribution in [0.4, 0.5) is 0 Å². The first-order valence-electron chi connectivity index (χ1n) is 6.08. The van der Waals surface area contributed by atoms with Gasteiger partial charge < -0.3 is 4.74 Å². The molecule has 1 aromatic heterocycles. The zero-order chi connectivity index (χ0) is 14.8. The zero-order valence-corrected chi connectivity index (χ0v) is 13.6. The van der Waals surface area contributed by atoms with Crippen LogP contribution >= 0.6 is 22.9 Å². The van der Waals surface area contributed by atoms with E-state index in [9.17, 15) is 8.42 Å². The highest BCUT2D eigenvalue weighted by molar-refractivity contribution is 7.90. The molecule has 2 rings (SSSR count). The SMILES string of the molecule is COC(C)CNS(=O)(=O)c1c(CCl)sc2ccccc12. The van der Waals surface area contributed by atoms with Gasteiger partial charge in [-0.2, -0.15) is 0 Å². The van der Waals surface area contributed by atoms with E-state index in [2.05, 4.69) is 4.72 Å². The number of hydrogen-bond acceptors (Lipinski definition) is 4. The third kappa shape index (κ3) is 3.15. The number of fused-ring (bicyclic) bond motifs is 1. The minimum absolute atomic E-state index is 0.176. The number of ether oxygens (including phenoxy) is 1. The van der Waals surface area contributed by atoms with Gasteiger partial charge in [-0.05, 0) is 13.0 Å². The van der Waals surface area contributed by atoms with Crippen molar-refractivity contribution in [2.75, 3.05) is 13.7 Å². The molecule has 0 aliphatic rings. The number of hydrogen-bond donors (Lipinski definition) is 1. The maximum Gasteiger partial charge on any atom is 0.242 e. The van der Waals surface area contributed by atoms with Crippen molar-refractivity contribution in [2.45, 2.75) is 23.8 Å². The van der Waals surface area contributed by atoms with Crippen LogP contribution in [0.2, 0.25) is 0 Å². The van der Waals surface area contributed by atoms with Crippen molar-refractivity contribution in [3.05, 3.63) is 29.1 Å². The molecular formula is C13H16ClNO3S2. The lowest BCUT2D eigenvalue weighted by Gasteiger charge is -2.11. The van der Waals surface area contributed by atoms with E-state index >= 15 is 0 Å². The summed E-state index contributed by atoms with van der Waals surface area (Å²) < 4.78 is 33.5. The molecular weight excluding hydrogens is 318 g/mol. The molecule has 7 heteroatoms. The summed E-state index contributed by atoms with van der Waals surface area (Å²) in [5.74, 6) is 0.176. The maximum absolute atomic E-state index is 12.5. The molecule has 0 saturated carbocycles. The Hall–Kier alpha value is -0.660. The molecule has 0 radical (unpaired) electrons. The van der Waals surface area contributed by atoms with E-state index in [4.69, 9.17) is 16.3 Å². The second-order valence-corrected chi connectivity index (χ2v) is 7.49. The van der Waals surface area contributed by atoms with Crippen molar-refractivity contribution in [1.82, 2.24) is 4.72 Å². The Labute approximate surface area is 127 Å². The molecule has 0 amide bonds. The van der Waals surface area contributed by atoms with Gasteiger partial charge in [0.05, 0.1) is 12.0 Å². The fourth-order valence-electron chi connectivity index (χ4n) is 1.84. The zero-order valence-electron chi connectivity index (χ0n) is 11.2. The predicted octanol–water partition coefficient (Wildman–Crippen LogP) is 2.95. The van der Waals surface area contributed by atoms with Crippen LogP contribution in [0.1, 0.15) is 11.8 Å². The minimum atomic E-state index is -3.60. The first-order valence-corrected chi connectivity index (χ1v) is 8.92. The van der Waals surface area contributed by atoms with Crippen LogP contribution < -0.4 is 4.72 Å². The summed E-state index contributed by atoms with van der Waals surface area (Å²) in [6.07, 6.45) is -0.186. The quantitative estimate of drug-likeness (QED) is 0.827. The molecule has 0 aliphatic carbocycles. The Morgan fingerprint density at radius 3 is 2.75 bits per heavy atom. The van der Waals surface area contributed by atoms with Crippen LogP contribution in [0.5, 0.6) is 0 Å². The van der Waals surface area contributed by atoms with E-state index in [1.807, 2.05) is 18.2 Å². The fourth-order valence-corrected chi connectivity index (χ4v) is 5.12. The Balaban J connectivity index is 2.45. The van der Waals surface area contributed by atoms with Gasteiger partial charge in [0.2, 0.25) is 10.0 Å². The predicted molar refractivity (Wildman–Crippen MR) is 83.0 cm³/mol. The van der Waals surface area contributed by atoms with Crippen molar-refractivity contribution in [2.24, 2.45) is 0 Å². The second-order valence-electron chi connectivity index (χ2n) is 4.38. The molecule has 0 spiro atoms. The molecule has 1 heterocycles. The van der Waals surface area contributed by atoms with Gasteiger partial charge in [0, 0.05) is 28.6 Å². The van der Waals surface area contributed by atoms with E-state index in [-0.39, 0.29) is 23.4 Å². The van der Waals surface area contributed by atoms with Crippen LogP contribution in [-0.4, -0.2) is 28.2 Å². The topological polar surface area (TPSA) is 55.4 Å². The minimum Gasteiger partial charge on any atom is -0.380 e. The monoisotopic (exact) mass is 333 g/mol. The van der Waals surface area contributed by atoms with E-state index in [0.717, 1.165) is 4.70 Å². The van der Waals surface area contributed by atoms with Gasteiger partial charge in [-0.15, -0.1) is 22.9 Å². The molecule has 0 aliphatic heterocycles. The number of alkyl halides is 1. The van der Waals surface area contributed by atoms with Crippen molar-refractivity contribution < 1.29 is 13.2 Å². The fraction of sp³-hybridized carbons (Fsp3) is 0.385. The first-order chi connectivity index (χ1) is 9.49. The van der Waals surface area contributed by atoms with Gasteiger partial charge >= 0.3 is 0 Å². The Bertz CT molecular complexity index is 697. The van der Waals surface area contributed by atoms with Gasteiger partial charge in [0.1, 0.15) is 4.90 Å². The Morgan fingerprint density at radius 1 is 1.40 bits per heavy atom. The summed E-state index contributed by atoms with van der Waals surface area (Å²) in [5, 5.41) is 0.714. The van der Waals surface area contributed by atoms with Gasteiger partial charge in [-0.1, -0.05) is 18.2 Å². The summed E-state index contributed by atoms with van der Waals surface area (Å²) in [6, 6.07) is 7.40. The Morgan fingerprint density at radius 2 is 2.10 bits per heavy atom. The maximum atomic E-state index is 12.5. The van der Waals surface area contributed by atoms with E-state index < -0.39 is 10.0 Å². The largest absolute Gasteiger partial charge is 0.380 e. The normalized spacial score (nSPS) is 13.8. The summed E-state index contributed by atoms with van der Waals surface area (Å²) in [4.78, 5) is 0.946. The molecule has 20 heavy (non-hydrogen) atoms. The second kappa shape index (κ2) is 6.41. The average Bonchev–Trinajstić information content (AvgIpc) is 2.84. The number of sulfonamides is 1. The molecule has 0 fully saturated rings. The van der Waals surface area contributed by atoms with Gasteiger partial charge in [0.15, 0.2) is 0 Å². The van der Waals surface area contributed by atoms with Crippen LogP contribution in [0, 0.1) is 0 Å². The summed E-state index contributed by atoms with van der Waals surface area (Å²) in [6.45, 7) is 2.03. The number of halogens is 1. The van der Waals surface area contributed by atoms with E-state index in [0.29, 0.717) is 10.3 Å². The molecule has 0 bridgehead atoms. The van der Waals surface area contributed by atoms with Gasteiger partial charge in [-0.25, -0.2) is 13.1 Å². The van der Waals surface area contributed by atoms with Gasteiger partial charge in [-0.3, -0.25) is 0 Å². The number of thiophene rings is 1. The number of methoxy groups -OCH3 is 1. The summed E-state index contributed by atoms with van der Waals surface area (Å²) in [5.41, 5.74) is 0.